The highest BCUT2D eigenvalue weighted by molar-refractivity contribution is 6.34. The Morgan fingerprint density at radius 2 is 1.87 bits per heavy atom. The summed E-state index contributed by atoms with van der Waals surface area (Å²) in [4.78, 5) is 18.3. The van der Waals surface area contributed by atoms with E-state index in [2.05, 4.69) is 15.2 Å². The fourth-order valence-electron chi connectivity index (χ4n) is 3.94. The lowest BCUT2D eigenvalue weighted by molar-refractivity contribution is 0.0589. The van der Waals surface area contributed by atoms with Crippen LogP contribution in [0.15, 0.2) is 60.8 Å². The second-order valence-electron chi connectivity index (χ2n) is 9.79. The number of anilines is 1. The molecule has 0 fully saturated rings. The van der Waals surface area contributed by atoms with E-state index in [1.54, 1.807) is 43.1 Å². The number of aromatic nitrogens is 5. The maximum absolute atomic E-state index is 12.5. The van der Waals surface area contributed by atoms with Gasteiger partial charge >= 0.3 is 6.09 Å². The first-order valence-corrected chi connectivity index (χ1v) is 12.5. The van der Waals surface area contributed by atoms with Crippen molar-refractivity contribution in [2.45, 2.75) is 33.0 Å². The van der Waals surface area contributed by atoms with E-state index in [0.29, 0.717) is 33.6 Å². The molecule has 0 unspecified atom stereocenters. The van der Waals surface area contributed by atoms with E-state index < -0.39 is 11.7 Å². The quantitative estimate of drug-likeness (QED) is 0.257. The summed E-state index contributed by atoms with van der Waals surface area (Å²) in [6.45, 7) is 5.58. The molecule has 5 rings (SSSR count). The number of methoxy groups -OCH3 is 1. The van der Waals surface area contributed by atoms with E-state index in [9.17, 15) is 4.79 Å². The van der Waals surface area contributed by atoms with Crippen LogP contribution in [0.2, 0.25) is 5.02 Å². The number of rotatable bonds is 6. The number of fused-ring (bicyclic) bond motifs is 2. The third kappa shape index (κ3) is 5.56. The van der Waals surface area contributed by atoms with Gasteiger partial charge in [-0.2, -0.15) is 9.61 Å². The maximum atomic E-state index is 12.5. The van der Waals surface area contributed by atoms with Crippen LogP contribution < -0.4 is 14.4 Å². The van der Waals surface area contributed by atoms with Crippen LogP contribution in [0.5, 0.6) is 11.5 Å². The zero-order chi connectivity index (χ0) is 27.7. The summed E-state index contributed by atoms with van der Waals surface area (Å²) in [5.74, 6) is 1.90. The zero-order valence-corrected chi connectivity index (χ0v) is 22.9. The SMILES string of the molecule is COc1ccc2c(OCc3nnc4ccc(-c5ccc(N(C)C(=O)OC(C)(C)C)c(Cl)c5)nn34)ccnc2c1. The van der Waals surface area contributed by atoms with Gasteiger partial charge in [-0.1, -0.05) is 17.7 Å². The summed E-state index contributed by atoms with van der Waals surface area (Å²) in [6, 6.07) is 16.4. The molecule has 2 aromatic carbocycles. The highest BCUT2D eigenvalue weighted by Gasteiger charge is 2.22. The Balaban J connectivity index is 1.38. The molecule has 0 saturated carbocycles. The predicted molar refractivity (Wildman–Crippen MR) is 148 cm³/mol. The van der Waals surface area contributed by atoms with Crippen molar-refractivity contribution in [1.82, 2.24) is 24.8 Å². The molecule has 3 heterocycles. The van der Waals surface area contributed by atoms with Crippen molar-refractivity contribution in [3.8, 4) is 22.8 Å². The van der Waals surface area contributed by atoms with Crippen LogP contribution in [0.3, 0.4) is 0 Å². The van der Waals surface area contributed by atoms with Crippen LogP contribution in [0.1, 0.15) is 26.6 Å². The molecule has 0 atom stereocenters. The number of pyridine rings is 1. The number of hydrogen-bond donors (Lipinski definition) is 0. The Morgan fingerprint density at radius 3 is 2.62 bits per heavy atom. The van der Waals surface area contributed by atoms with E-state index in [1.807, 2.05) is 57.2 Å². The van der Waals surface area contributed by atoms with E-state index in [4.69, 9.17) is 30.9 Å². The number of carbonyl (C=O) groups is 1. The van der Waals surface area contributed by atoms with Crippen molar-refractivity contribution < 1.29 is 19.0 Å². The molecule has 5 aromatic rings. The van der Waals surface area contributed by atoms with Crippen LogP contribution in [-0.4, -0.2) is 50.6 Å². The molecular weight excluding hydrogens is 520 g/mol. The van der Waals surface area contributed by atoms with Gasteiger partial charge in [0.2, 0.25) is 0 Å². The molecule has 1 amide bonds. The molecule has 0 aliphatic heterocycles. The minimum Gasteiger partial charge on any atom is -0.497 e. The fraction of sp³-hybridized carbons (Fsp3) is 0.250. The van der Waals surface area contributed by atoms with E-state index in [-0.39, 0.29) is 6.61 Å². The zero-order valence-electron chi connectivity index (χ0n) is 22.2. The van der Waals surface area contributed by atoms with E-state index in [1.165, 1.54) is 4.90 Å². The van der Waals surface area contributed by atoms with Crippen molar-refractivity contribution in [2.24, 2.45) is 0 Å². The van der Waals surface area contributed by atoms with Crippen LogP contribution in [-0.2, 0) is 11.3 Å². The highest BCUT2D eigenvalue weighted by atomic mass is 35.5. The summed E-state index contributed by atoms with van der Waals surface area (Å²) in [5.41, 5.74) is 2.66. The molecule has 0 spiro atoms. The van der Waals surface area contributed by atoms with Crippen molar-refractivity contribution in [2.75, 3.05) is 19.1 Å². The van der Waals surface area contributed by atoms with Gasteiger partial charge in [0, 0.05) is 30.3 Å². The first kappa shape index (κ1) is 26.2. The van der Waals surface area contributed by atoms with Gasteiger partial charge in [-0.15, -0.1) is 10.2 Å². The molecule has 11 heteroatoms. The van der Waals surface area contributed by atoms with Crippen molar-refractivity contribution in [1.29, 1.82) is 0 Å². The molecule has 39 heavy (non-hydrogen) atoms. The Kier molecular flexibility index (Phi) is 6.96. The third-order valence-electron chi connectivity index (χ3n) is 5.87. The summed E-state index contributed by atoms with van der Waals surface area (Å²) in [7, 11) is 3.23. The summed E-state index contributed by atoms with van der Waals surface area (Å²) in [5, 5.41) is 14.4. The number of amides is 1. The molecular formula is C28H27ClN6O4. The Labute approximate surface area is 230 Å². The first-order chi connectivity index (χ1) is 18.6. The van der Waals surface area contributed by atoms with E-state index in [0.717, 1.165) is 22.2 Å². The van der Waals surface area contributed by atoms with Crippen LogP contribution >= 0.6 is 11.6 Å². The Bertz CT molecular complexity index is 1680. The number of nitrogens with zero attached hydrogens (tertiary/aromatic N) is 6. The first-order valence-electron chi connectivity index (χ1n) is 12.2. The molecule has 200 valence electrons. The topological polar surface area (TPSA) is 104 Å². The largest absolute Gasteiger partial charge is 0.497 e. The third-order valence-corrected chi connectivity index (χ3v) is 6.17. The van der Waals surface area contributed by atoms with Crippen molar-refractivity contribution >= 4 is 39.9 Å². The van der Waals surface area contributed by atoms with Gasteiger partial charge in [0.05, 0.1) is 29.0 Å². The summed E-state index contributed by atoms with van der Waals surface area (Å²) in [6.07, 6.45) is 1.19. The number of benzene rings is 2. The van der Waals surface area contributed by atoms with Crippen LogP contribution in [0.4, 0.5) is 10.5 Å². The van der Waals surface area contributed by atoms with Gasteiger partial charge in [-0.3, -0.25) is 9.88 Å². The van der Waals surface area contributed by atoms with Crippen molar-refractivity contribution in [3.63, 3.8) is 0 Å². The molecule has 0 aliphatic rings. The highest BCUT2D eigenvalue weighted by Crippen LogP contribution is 2.31. The second-order valence-corrected chi connectivity index (χ2v) is 10.2. The molecule has 0 aliphatic carbocycles. The second kappa shape index (κ2) is 10.4. The van der Waals surface area contributed by atoms with Gasteiger partial charge in [-0.25, -0.2) is 4.79 Å². The van der Waals surface area contributed by atoms with Gasteiger partial charge in [0.1, 0.15) is 23.7 Å². The standard InChI is InChI=1S/C28H27ClN6O4/c1-28(2,3)39-27(36)34(4)23-10-6-17(14-20(23)29)21-9-11-25-31-32-26(35(25)33-21)16-38-24-12-13-30-22-15-18(37-5)7-8-19(22)24/h6-15H,16H2,1-5H3. The van der Waals surface area contributed by atoms with Gasteiger partial charge < -0.3 is 14.2 Å². The number of hydrogen-bond acceptors (Lipinski definition) is 8. The molecule has 0 saturated heterocycles. The molecule has 0 bridgehead atoms. The van der Waals surface area contributed by atoms with E-state index >= 15 is 0 Å². The fourth-order valence-corrected chi connectivity index (χ4v) is 4.25. The lowest BCUT2D eigenvalue weighted by Gasteiger charge is -2.25. The van der Waals surface area contributed by atoms with Crippen LogP contribution in [0.25, 0.3) is 27.8 Å². The average molecular weight is 547 g/mol. The number of ether oxygens (including phenoxy) is 3. The summed E-state index contributed by atoms with van der Waals surface area (Å²) >= 11 is 6.56. The molecule has 0 radical (unpaired) electrons. The minimum atomic E-state index is -0.616. The number of carbonyl (C=O) groups excluding carboxylic acids is 1. The molecule has 3 aromatic heterocycles. The lowest BCUT2D eigenvalue weighted by atomic mass is 10.1. The number of halogens is 1. The Morgan fingerprint density at radius 1 is 1.05 bits per heavy atom. The monoisotopic (exact) mass is 546 g/mol. The van der Waals surface area contributed by atoms with Gasteiger partial charge in [-0.05, 0) is 63.2 Å². The Hall–Kier alpha value is -4.44. The molecule has 10 nitrogen and oxygen atoms in total. The van der Waals surface area contributed by atoms with Crippen molar-refractivity contribution in [3.05, 3.63) is 71.6 Å². The average Bonchev–Trinajstić information content (AvgIpc) is 3.32. The normalized spacial score (nSPS) is 11.5. The van der Waals surface area contributed by atoms with Gasteiger partial charge in [0.25, 0.3) is 0 Å². The maximum Gasteiger partial charge on any atom is 0.414 e. The van der Waals surface area contributed by atoms with Gasteiger partial charge in [0.15, 0.2) is 11.5 Å². The smallest absolute Gasteiger partial charge is 0.414 e. The molecule has 0 N–H and O–H groups in total. The van der Waals surface area contributed by atoms with Crippen LogP contribution in [0, 0.1) is 0 Å². The lowest BCUT2D eigenvalue weighted by Crippen LogP contribution is -2.34. The predicted octanol–water partition coefficient (Wildman–Crippen LogP) is 5.95. The minimum absolute atomic E-state index is 0.142. The summed E-state index contributed by atoms with van der Waals surface area (Å²) < 4.78 is 18.5.